The van der Waals surface area contributed by atoms with Crippen LogP contribution in [-0.4, -0.2) is 12.5 Å². The summed E-state index contributed by atoms with van der Waals surface area (Å²) in [6.07, 6.45) is 0. The molecule has 0 aliphatic rings. The molecule has 1 N–H and O–H groups in total. The Hall–Kier alpha value is -1.56. The van der Waals surface area contributed by atoms with E-state index in [2.05, 4.69) is 37.2 Å². The van der Waals surface area contributed by atoms with Crippen LogP contribution in [0.4, 0.5) is 5.69 Å². The van der Waals surface area contributed by atoms with Crippen molar-refractivity contribution >= 4 is 65.8 Å². The van der Waals surface area contributed by atoms with Crippen molar-refractivity contribution in [2.24, 2.45) is 0 Å². The summed E-state index contributed by atoms with van der Waals surface area (Å²) in [5.74, 6) is 0.367. The molecule has 0 unspecified atom stereocenters. The normalized spacial score (nSPS) is 10.6. The number of benzene rings is 3. The smallest absolute Gasteiger partial charge is 0.262 e. The number of hydrogen-bond acceptors (Lipinski definition) is 2. The minimum Gasteiger partial charge on any atom is -0.483 e. The zero-order valence-electron chi connectivity index (χ0n) is 12.4. The largest absolute Gasteiger partial charge is 0.483 e. The second-order valence-electron chi connectivity index (χ2n) is 5.09. The molecule has 0 saturated heterocycles. The van der Waals surface area contributed by atoms with E-state index in [1.54, 1.807) is 24.3 Å². The minimum absolute atomic E-state index is 0.0901. The van der Waals surface area contributed by atoms with Gasteiger partial charge in [0.05, 0.1) is 4.47 Å². The molecule has 0 saturated carbocycles. The Morgan fingerprint density at radius 2 is 1.92 bits per heavy atom. The number of carbonyl (C=O) groups is 1. The van der Waals surface area contributed by atoms with E-state index in [0.29, 0.717) is 16.5 Å². The molecule has 24 heavy (non-hydrogen) atoms. The van der Waals surface area contributed by atoms with E-state index in [1.807, 2.05) is 30.3 Å². The lowest BCUT2D eigenvalue weighted by Crippen LogP contribution is -2.20. The Kier molecular flexibility index (Phi) is 5.43. The molecule has 0 fully saturated rings. The highest BCUT2D eigenvalue weighted by molar-refractivity contribution is 9.11. The Morgan fingerprint density at radius 3 is 2.71 bits per heavy atom. The van der Waals surface area contributed by atoms with Crippen LogP contribution in [0.3, 0.4) is 0 Å². The number of halogens is 3. The van der Waals surface area contributed by atoms with E-state index in [9.17, 15) is 4.79 Å². The molecule has 0 heterocycles. The van der Waals surface area contributed by atoms with Crippen LogP contribution in [0.25, 0.3) is 10.8 Å². The van der Waals surface area contributed by atoms with E-state index >= 15 is 0 Å². The van der Waals surface area contributed by atoms with Crippen LogP contribution in [0.2, 0.25) is 5.02 Å². The summed E-state index contributed by atoms with van der Waals surface area (Å²) in [7, 11) is 0. The van der Waals surface area contributed by atoms with Crippen molar-refractivity contribution in [3.8, 4) is 5.75 Å². The van der Waals surface area contributed by atoms with Crippen LogP contribution >= 0.6 is 43.5 Å². The first kappa shape index (κ1) is 17.3. The molecule has 0 bridgehead atoms. The third kappa shape index (κ3) is 4.09. The summed E-state index contributed by atoms with van der Waals surface area (Å²) < 4.78 is 7.47. The molecular formula is C18H12Br2ClNO2. The van der Waals surface area contributed by atoms with Gasteiger partial charge in [-0.05, 0) is 63.1 Å². The highest BCUT2D eigenvalue weighted by Crippen LogP contribution is 2.34. The molecular weight excluding hydrogens is 457 g/mol. The lowest BCUT2D eigenvalue weighted by Gasteiger charge is -2.11. The molecule has 3 aromatic rings. The number of anilines is 1. The summed E-state index contributed by atoms with van der Waals surface area (Å²) >= 11 is 12.9. The molecule has 0 aliphatic carbocycles. The number of rotatable bonds is 4. The first-order chi connectivity index (χ1) is 11.5. The van der Waals surface area contributed by atoms with Crippen LogP contribution in [0.15, 0.2) is 63.5 Å². The molecule has 0 aromatic heterocycles. The van der Waals surface area contributed by atoms with Gasteiger partial charge in [0.2, 0.25) is 0 Å². The molecule has 0 spiro atoms. The zero-order valence-corrected chi connectivity index (χ0v) is 16.3. The van der Waals surface area contributed by atoms with Gasteiger partial charge in [-0.25, -0.2) is 0 Å². The molecule has 0 aliphatic heterocycles. The lowest BCUT2D eigenvalue weighted by molar-refractivity contribution is -0.118. The molecule has 1 amide bonds. The van der Waals surface area contributed by atoms with Crippen LogP contribution in [0, 0.1) is 0 Å². The van der Waals surface area contributed by atoms with Crippen molar-refractivity contribution in [1.82, 2.24) is 0 Å². The molecule has 122 valence electrons. The van der Waals surface area contributed by atoms with Crippen molar-refractivity contribution in [2.45, 2.75) is 0 Å². The van der Waals surface area contributed by atoms with Gasteiger partial charge in [-0.2, -0.15) is 0 Å². The molecule has 0 radical (unpaired) electrons. The quantitative estimate of drug-likeness (QED) is 0.506. The van der Waals surface area contributed by atoms with Crippen LogP contribution < -0.4 is 10.1 Å². The average Bonchev–Trinajstić information content (AvgIpc) is 2.54. The Balaban J connectivity index is 1.70. The molecule has 0 atom stereocenters. The highest BCUT2D eigenvalue weighted by Gasteiger charge is 2.09. The van der Waals surface area contributed by atoms with E-state index < -0.39 is 0 Å². The van der Waals surface area contributed by atoms with Crippen molar-refractivity contribution in [2.75, 3.05) is 11.9 Å². The van der Waals surface area contributed by atoms with Crippen LogP contribution in [-0.2, 0) is 4.79 Å². The van der Waals surface area contributed by atoms with Gasteiger partial charge in [0.25, 0.3) is 5.91 Å². The van der Waals surface area contributed by atoms with Crippen LogP contribution in [0.1, 0.15) is 0 Å². The van der Waals surface area contributed by atoms with Gasteiger partial charge in [-0.15, -0.1) is 0 Å². The van der Waals surface area contributed by atoms with Gasteiger partial charge in [-0.3, -0.25) is 4.79 Å². The summed E-state index contributed by atoms with van der Waals surface area (Å²) in [4.78, 5) is 12.0. The Morgan fingerprint density at radius 1 is 1.08 bits per heavy atom. The first-order valence-electron chi connectivity index (χ1n) is 7.09. The number of amides is 1. The molecule has 3 rings (SSSR count). The predicted octanol–water partition coefficient (Wildman–Crippen LogP) is 6.04. The van der Waals surface area contributed by atoms with E-state index in [1.165, 1.54) is 0 Å². The summed E-state index contributed by atoms with van der Waals surface area (Å²) in [6.45, 7) is -0.0901. The second-order valence-corrected chi connectivity index (χ2v) is 7.24. The monoisotopic (exact) mass is 467 g/mol. The van der Waals surface area contributed by atoms with E-state index in [0.717, 1.165) is 19.7 Å². The highest BCUT2D eigenvalue weighted by atomic mass is 79.9. The van der Waals surface area contributed by atoms with Gasteiger partial charge in [0.15, 0.2) is 6.61 Å². The Bertz CT molecular complexity index is 915. The predicted molar refractivity (Wildman–Crippen MR) is 105 cm³/mol. The fourth-order valence-electron chi connectivity index (χ4n) is 2.26. The lowest BCUT2D eigenvalue weighted by atomic mass is 10.1. The van der Waals surface area contributed by atoms with Gasteiger partial charge < -0.3 is 10.1 Å². The van der Waals surface area contributed by atoms with Crippen molar-refractivity contribution in [3.05, 3.63) is 68.6 Å². The number of nitrogens with one attached hydrogen (secondary N) is 1. The fraction of sp³-hybridized carbons (Fsp3) is 0.0556. The second kappa shape index (κ2) is 7.55. The topological polar surface area (TPSA) is 38.3 Å². The van der Waals surface area contributed by atoms with E-state index in [-0.39, 0.29) is 12.5 Å². The van der Waals surface area contributed by atoms with Crippen molar-refractivity contribution < 1.29 is 9.53 Å². The average molecular weight is 470 g/mol. The van der Waals surface area contributed by atoms with Crippen LogP contribution in [0.5, 0.6) is 5.75 Å². The number of ether oxygens (including phenoxy) is 1. The molecule has 3 nitrogen and oxygen atoms in total. The number of hydrogen-bond donors (Lipinski definition) is 1. The molecule has 6 heteroatoms. The van der Waals surface area contributed by atoms with Gasteiger partial charge >= 0.3 is 0 Å². The maximum absolute atomic E-state index is 12.0. The van der Waals surface area contributed by atoms with E-state index in [4.69, 9.17) is 16.3 Å². The Labute approximate surface area is 161 Å². The fourth-order valence-corrected chi connectivity index (χ4v) is 3.44. The maximum atomic E-state index is 12.0. The van der Waals surface area contributed by atoms with Crippen molar-refractivity contribution in [3.63, 3.8) is 0 Å². The zero-order chi connectivity index (χ0) is 17.1. The molecule has 3 aromatic carbocycles. The van der Waals surface area contributed by atoms with Gasteiger partial charge in [0.1, 0.15) is 5.75 Å². The third-order valence-corrected chi connectivity index (χ3v) is 4.89. The SMILES string of the molecule is O=C(COc1ccc2cc(Br)ccc2c1Br)Nc1cccc(Cl)c1. The maximum Gasteiger partial charge on any atom is 0.262 e. The number of carbonyl (C=O) groups excluding carboxylic acids is 1. The number of fused-ring (bicyclic) bond motifs is 1. The summed E-state index contributed by atoms with van der Waals surface area (Å²) in [5.41, 5.74) is 0.638. The minimum atomic E-state index is -0.250. The summed E-state index contributed by atoms with van der Waals surface area (Å²) in [5, 5.41) is 5.41. The van der Waals surface area contributed by atoms with Gasteiger partial charge in [-0.1, -0.05) is 45.7 Å². The third-order valence-electron chi connectivity index (χ3n) is 3.35. The summed E-state index contributed by atoms with van der Waals surface area (Å²) in [6, 6.07) is 16.7. The van der Waals surface area contributed by atoms with Crippen molar-refractivity contribution in [1.29, 1.82) is 0 Å². The van der Waals surface area contributed by atoms with Gasteiger partial charge in [0, 0.05) is 15.2 Å². The standard InChI is InChI=1S/C18H12Br2ClNO2/c19-12-5-6-15-11(8-12)4-7-16(18(15)20)24-10-17(23)22-14-3-1-2-13(21)9-14/h1-9H,10H2,(H,22,23). The first-order valence-corrected chi connectivity index (χ1v) is 9.05.